The van der Waals surface area contributed by atoms with Crippen molar-refractivity contribution in [2.45, 2.75) is 58.0 Å². The number of hydrogen-bond acceptors (Lipinski definition) is 6. The molecule has 0 spiro atoms. The molecule has 0 N–H and O–H groups in total. The lowest BCUT2D eigenvalue weighted by atomic mass is 10.1. The highest BCUT2D eigenvalue weighted by atomic mass is 32.1. The van der Waals surface area contributed by atoms with Crippen molar-refractivity contribution in [1.82, 2.24) is 9.88 Å². The van der Waals surface area contributed by atoms with E-state index >= 15 is 0 Å². The van der Waals surface area contributed by atoms with Gasteiger partial charge < -0.3 is 14.4 Å². The van der Waals surface area contributed by atoms with Gasteiger partial charge in [-0.3, -0.25) is 4.79 Å². The summed E-state index contributed by atoms with van der Waals surface area (Å²) in [4.78, 5) is 30.5. The van der Waals surface area contributed by atoms with Crippen LogP contribution in [-0.4, -0.2) is 47.7 Å². The molecule has 6 nitrogen and oxygen atoms in total. The van der Waals surface area contributed by atoms with Gasteiger partial charge in [-0.25, -0.2) is 9.78 Å². The molecule has 1 heterocycles. The number of hydrogen-bond donors (Lipinski definition) is 0. The van der Waals surface area contributed by atoms with Crippen LogP contribution in [0.1, 0.15) is 63.1 Å². The van der Waals surface area contributed by atoms with Crippen LogP contribution in [0.5, 0.6) is 0 Å². The summed E-state index contributed by atoms with van der Waals surface area (Å²) in [7, 11) is 1.62. The van der Waals surface area contributed by atoms with Gasteiger partial charge in [0.2, 0.25) is 0 Å². The van der Waals surface area contributed by atoms with Gasteiger partial charge in [-0.1, -0.05) is 0 Å². The number of amides is 1. The molecule has 0 aliphatic heterocycles. The second-order valence-electron chi connectivity index (χ2n) is 7.05. The summed E-state index contributed by atoms with van der Waals surface area (Å²) in [5.74, 6) is -0.415. The predicted molar refractivity (Wildman–Crippen MR) is 92.3 cm³/mol. The first-order chi connectivity index (χ1) is 11.2. The second kappa shape index (κ2) is 7.51. The topological polar surface area (TPSA) is 68.7 Å². The number of likely N-dealkylation sites (N-methyl/N-ethyl adjacent to an activating group) is 1. The van der Waals surface area contributed by atoms with E-state index < -0.39 is 17.6 Å². The van der Waals surface area contributed by atoms with Crippen LogP contribution in [0.4, 0.5) is 4.79 Å². The van der Waals surface area contributed by atoms with Crippen molar-refractivity contribution in [1.29, 1.82) is 0 Å². The third kappa shape index (κ3) is 5.19. The molecule has 1 aliphatic rings. The number of nitrogens with zero attached hydrogens (tertiary/aromatic N) is 2. The molecule has 24 heavy (non-hydrogen) atoms. The summed E-state index contributed by atoms with van der Waals surface area (Å²) >= 11 is 1.58. The molecule has 1 fully saturated rings. The fourth-order valence-corrected chi connectivity index (χ4v) is 3.24. The zero-order chi connectivity index (χ0) is 17.9. The molecular weight excluding hydrogens is 328 g/mol. The first-order valence-corrected chi connectivity index (χ1v) is 9.15. The molecule has 1 atom stereocenters. The number of esters is 1. The van der Waals surface area contributed by atoms with E-state index in [9.17, 15) is 9.59 Å². The Labute approximate surface area is 147 Å². The van der Waals surface area contributed by atoms with Gasteiger partial charge >= 0.3 is 12.1 Å². The lowest BCUT2D eigenvalue weighted by Crippen LogP contribution is -2.38. The summed E-state index contributed by atoms with van der Waals surface area (Å²) in [6, 6.07) is 0. The molecule has 0 bridgehead atoms. The molecular formula is C17H26N2O4S. The normalized spacial score (nSPS) is 15.7. The summed E-state index contributed by atoms with van der Waals surface area (Å²) in [5, 5.41) is 2.97. The molecule has 1 aromatic rings. The fraction of sp³-hybridized carbons (Fsp3) is 0.706. The summed E-state index contributed by atoms with van der Waals surface area (Å²) < 4.78 is 10.5. The van der Waals surface area contributed by atoms with Gasteiger partial charge in [0.05, 0.1) is 17.3 Å². The van der Waals surface area contributed by atoms with Crippen LogP contribution in [0.15, 0.2) is 5.38 Å². The molecule has 0 aromatic carbocycles. The Morgan fingerprint density at radius 3 is 2.62 bits per heavy atom. The Kier molecular flexibility index (Phi) is 5.85. The standard InChI is InChI=1S/C17H26N2O4S/c1-6-22-15(20)12(9-19(5)16(21)23-17(2,3)4)13-10-24-14(18-13)11-7-8-11/h10-12H,6-9H2,1-5H3. The van der Waals surface area contributed by atoms with Gasteiger partial charge in [-0.15, -0.1) is 11.3 Å². The zero-order valence-corrected chi connectivity index (χ0v) is 15.8. The van der Waals surface area contributed by atoms with Crippen LogP contribution in [0.3, 0.4) is 0 Å². The zero-order valence-electron chi connectivity index (χ0n) is 15.0. The molecule has 1 unspecified atom stereocenters. The number of ether oxygens (including phenoxy) is 2. The average molecular weight is 354 g/mol. The van der Waals surface area contributed by atoms with Crippen LogP contribution in [0.25, 0.3) is 0 Å². The first-order valence-electron chi connectivity index (χ1n) is 8.27. The molecule has 1 saturated carbocycles. The van der Waals surface area contributed by atoms with Gasteiger partial charge in [-0.05, 0) is 40.5 Å². The largest absolute Gasteiger partial charge is 0.465 e. The van der Waals surface area contributed by atoms with Crippen molar-refractivity contribution in [2.75, 3.05) is 20.2 Å². The lowest BCUT2D eigenvalue weighted by molar-refractivity contribution is -0.145. The van der Waals surface area contributed by atoms with Gasteiger partial charge in [0, 0.05) is 24.9 Å². The minimum Gasteiger partial charge on any atom is -0.465 e. The van der Waals surface area contributed by atoms with Crippen molar-refractivity contribution < 1.29 is 19.1 Å². The Morgan fingerprint density at radius 1 is 1.42 bits per heavy atom. The average Bonchev–Trinajstić information content (AvgIpc) is 3.21. The summed E-state index contributed by atoms with van der Waals surface area (Å²) in [6.45, 7) is 7.67. The maximum Gasteiger partial charge on any atom is 0.410 e. The number of carbonyl (C=O) groups excluding carboxylic acids is 2. The number of rotatable bonds is 6. The van der Waals surface area contributed by atoms with Crippen LogP contribution in [0, 0.1) is 0 Å². The Bertz CT molecular complexity index is 590. The minimum atomic E-state index is -0.591. The van der Waals surface area contributed by atoms with E-state index in [1.807, 2.05) is 26.2 Å². The van der Waals surface area contributed by atoms with Crippen LogP contribution in [-0.2, 0) is 14.3 Å². The molecule has 2 rings (SSSR count). The fourth-order valence-electron chi connectivity index (χ4n) is 2.20. The predicted octanol–water partition coefficient (Wildman–Crippen LogP) is 3.53. The van der Waals surface area contributed by atoms with Crippen molar-refractivity contribution in [3.05, 3.63) is 16.1 Å². The molecule has 1 amide bonds. The van der Waals surface area contributed by atoms with E-state index in [0.717, 1.165) is 17.8 Å². The van der Waals surface area contributed by atoms with Crippen LogP contribution in [0.2, 0.25) is 0 Å². The van der Waals surface area contributed by atoms with E-state index in [2.05, 4.69) is 4.98 Å². The van der Waals surface area contributed by atoms with Crippen molar-refractivity contribution >= 4 is 23.4 Å². The Morgan fingerprint density at radius 2 is 2.08 bits per heavy atom. The van der Waals surface area contributed by atoms with Crippen LogP contribution < -0.4 is 0 Å². The smallest absolute Gasteiger partial charge is 0.410 e. The Balaban J connectivity index is 2.10. The van der Waals surface area contributed by atoms with Gasteiger partial charge in [0.15, 0.2) is 0 Å². The van der Waals surface area contributed by atoms with E-state index in [1.54, 1.807) is 25.3 Å². The molecule has 0 saturated heterocycles. The maximum absolute atomic E-state index is 12.3. The highest BCUT2D eigenvalue weighted by Crippen LogP contribution is 2.42. The molecule has 7 heteroatoms. The third-order valence-corrected chi connectivity index (χ3v) is 4.58. The SMILES string of the molecule is CCOC(=O)C(CN(C)C(=O)OC(C)(C)C)c1csc(C2CC2)n1. The maximum atomic E-state index is 12.3. The summed E-state index contributed by atoms with van der Waals surface area (Å²) in [5.41, 5.74) is 0.0978. The van der Waals surface area contributed by atoms with E-state index in [0.29, 0.717) is 18.2 Å². The molecule has 1 aliphatic carbocycles. The quantitative estimate of drug-likeness (QED) is 0.731. The third-order valence-electron chi connectivity index (χ3n) is 3.56. The van der Waals surface area contributed by atoms with Crippen LogP contribution >= 0.6 is 11.3 Å². The lowest BCUT2D eigenvalue weighted by Gasteiger charge is -2.26. The molecule has 1 aromatic heterocycles. The second-order valence-corrected chi connectivity index (χ2v) is 7.94. The number of carbonyl (C=O) groups is 2. The minimum absolute atomic E-state index is 0.182. The van der Waals surface area contributed by atoms with Crippen molar-refractivity contribution in [2.24, 2.45) is 0 Å². The van der Waals surface area contributed by atoms with Gasteiger partial charge in [0.1, 0.15) is 11.5 Å². The number of thiazole rings is 1. The Hall–Kier alpha value is -1.63. The molecule has 134 valence electrons. The van der Waals surface area contributed by atoms with Gasteiger partial charge in [-0.2, -0.15) is 0 Å². The van der Waals surface area contributed by atoms with Crippen molar-refractivity contribution in [3.8, 4) is 0 Å². The molecule has 0 radical (unpaired) electrons. The van der Waals surface area contributed by atoms with Crippen molar-refractivity contribution in [3.63, 3.8) is 0 Å². The van der Waals surface area contributed by atoms with Gasteiger partial charge in [0.25, 0.3) is 0 Å². The first kappa shape index (κ1) is 18.7. The number of aromatic nitrogens is 1. The van der Waals surface area contributed by atoms with E-state index in [4.69, 9.17) is 9.47 Å². The van der Waals surface area contributed by atoms with E-state index in [1.165, 1.54) is 4.90 Å². The highest BCUT2D eigenvalue weighted by molar-refractivity contribution is 7.09. The summed E-state index contributed by atoms with van der Waals surface area (Å²) in [6.07, 6.45) is 1.86. The highest BCUT2D eigenvalue weighted by Gasteiger charge is 2.32. The monoisotopic (exact) mass is 354 g/mol. The van der Waals surface area contributed by atoms with E-state index in [-0.39, 0.29) is 12.5 Å².